The van der Waals surface area contributed by atoms with Crippen molar-refractivity contribution in [3.63, 3.8) is 0 Å². The van der Waals surface area contributed by atoms with E-state index in [1.165, 1.54) is 0 Å². The van der Waals surface area contributed by atoms with Crippen molar-refractivity contribution in [1.29, 1.82) is 0 Å². The first-order valence-corrected chi connectivity index (χ1v) is 7.75. The van der Waals surface area contributed by atoms with Crippen molar-refractivity contribution < 1.29 is 4.79 Å². The van der Waals surface area contributed by atoms with Gasteiger partial charge < -0.3 is 10.3 Å². The summed E-state index contributed by atoms with van der Waals surface area (Å²) in [4.78, 5) is 26.5. The zero-order valence-corrected chi connectivity index (χ0v) is 13.7. The lowest BCUT2D eigenvalue weighted by atomic mass is 10.1. The molecule has 0 aliphatic heterocycles. The van der Waals surface area contributed by atoms with Crippen LogP contribution >= 0.6 is 0 Å². The van der Waals surface area contributed by atoms with Gasteiger partial charge in [0.25, 0.3) is 5.56 Å². The molecule has 6 nitrogen and oxygen atoms in total. The average Bonchev–Trinajstić information content (AvgIpc) is 2.51. The van der Waals surface area contributed by atoms with E-state index in [-0.39, 0.29) is 30.0 Å². The van der Waals surface area contributed by atoms with Gasteiger partial charge in [0.1, 0.15) is 5.69 Å². The Balaban J connectivity index is 2.03. The molecule has 1 aromatic carbocycles. The Hall–Kier alpha value is -2.50. The molecule has 0 saturated carbocycles. The van der Waals surface area contributed by atoms with Crippen LogP contribution < -0.4 is 10.9 Å². The highest BCUT2D eigenvalue weighted by Gasteiger charge is 2.09. The quantitative estimate of drug-likeness (QED) is 0.851. The van der Waals surface area contributed by atoms with E-state index in [0.29, 0.717) is 18.3 Å². The summed E-state index contributed by atoms with van der Waals surface area (Å²) >= 11 is 0. The second kappa shape index (κ2) is 7.67. The SMILES string of the molecule is Cc1cccc(-c2nnc(CCC(=O)NCC(C)C)c(=O)[nH]2)c1. The maximum Gasteiger partial charge on any atom is 0.273 e. The minimum Gasteiger partial charge on any atom is -0.356 e. The second-order valence-corrected chi connectivity index (χ2v) is 6.02. The number of H-pyrrole nitrogens is 1. The van der Waals surface area contributed by atoms with Crippen LogP contribution in [0.1, 0.15) is 31.5 Å². The molecule has 0 radical (unpaired) electrons. The zero-order valence-electron chi connectivity index (χ0n) is 13.7. The van der Waals surface area contributed by atoms with Gasteiger partial charge in [-0.25, -0.2) is 0 Å². The Morgan fingerprint density at radius 3 is 2.74 bits per heavy atom. The van der Waals surface area contributed by atoms with Crippen LogP contribution in [0, 0.1) is 12.8 Å². The monoisotopic (exact) mass is 314 g/mol. The Morgan fingerprint density at radius 2 is 2.09 bits per heavy atom. The highest BCUT2D eigenvalue weighted by molar-refractivity contribution is 5.76. The summed E-state index contributed by atoms with van der Waals surface area (Å²) in [7, 11) is 0. The van der Waals surface area contributed by atoms with Gasteiger partial charge in [0.05, 0.1) is 0 Å². The molecule has 2 N–H and O–H groups in total. The molecule has 2 rings (SSSR count). The average molecular weight is 314 g/mol. The molecule has 1 amide bonds. The van der Waals surface area contributed by atoms with Crippen LogP contribution in [0.2, 0.25) is 0 Å². The summed E-state index contributed by atoms with van der Waals surface area (Å²) in [5, 5.41) is 10.9. The van der Waals surface area contributed by atoms with Gasteiger partial charge >= 0.3 is 0 Å². The molecule has 0 bridgehead atoms. The third-order valence-electron chi connectivity index (χ3n) is 3.35. The van der Waals surface area contributed by atoms with Gasteiger partial charge in [0.2, 0.25) is 5.91 Å². The number of benzene rings is 1. The molecule has 0 fully saturated rings. The van der Waals surface area contributed by atoms with Crippen LogP contribution in [0.3, 0.4) is 0 Å². The molecule has 0 atom stereocenters. The molecule has 6 heteroatoms. The number of aromatic nitrogens is 3. The third-order valence-corrected chi connectivity index (χ3v) is 3.35. The fourth-order valence-corrected chi connectivity index (χ4v) is 2.08. The van der Waals surface area contributed by atoms with Crippen LogP contribution in [-0.4, -0.2) is 27.6 Å². The largest absolute Gasteiger partial charge is 0.356 e. The van der Waals surface area contributed by atoms with Crippen LogP contribution in [0.25, 0.3) is 11.4 Å². The number of nitrogens with zero attached hydrogens (tertiary/aromatic N) is 2. The van der Waals surface area contributed by atoms with Crippen molar-refractivity contribution in [1.82, 2.24) is 20.5 Å². The van der Waals surface area contributed by atoms with Crippen molar-refractivity contribution >= 4 is 5.91 Å². The Bertz CT molecular complexity index is 737. The molecule has 23 heavy (non-hydrogen) atoms. The number of aryl methyl sites for hydroxylation is 2. The molecule has 0 aliphatic carbocycles. The van der Waals surface area contributed by atoms with E-state index in [2.05, 4.69) is 20.5 Å². The lowest BCUT2D eigenvalue weighted by molar-refractivity contribution is -0.121. The zero-order chi connectivity index (χ0) is 16.8. The minimum atomic E-state index is -0.298. The number of hydrogen-bond donors (Lipinski definition) is 2. The fraction of sp³-hybridized carbons (Fsp3) is 0.412. The van der Waals surface area contributed by atoms with Crippen LogP contribution in [-0.2, 0) is 11.2 Å². The molecule has 0 spiro atoms. The van der Waals surface area contributed by atoms with E-state index in [1.54, 1.807) is 0 Å². The predicted molar refractivity (Wildman–Crippen MR) is 89.0 cm³/mol. The van der Waals surface area contributed by atoms with E-state index in [0.717, 1.165) is 11.1 Å². The Morgan fingerprint density at radius 1 is 1.30 bits per heavy atom. The van der Waals surface area contributed by atoms with Crippen molar-refractivity contribution in [2.24, 2.45) is 5.92 Å². The normalized spacial score (nSPS) is 10.8. The molecular weight excluding hydrogens is 292 g/mol. The Kier molecular flexibility index (Phi) is 5.62. The van der Waals surface area contributed by atoms with Gasteiger partial charge in [-0.1, -0.05) is 37.6 Å². The van der Waals surface area contributed by atoms with Gasteiger partial charge in [-0.2, -0.15) is 0 Å². The van der Waals surface area contributed by atoms with Crippen LogP contribution in [0.15, 0.2) is 29.1 Å². The highest BCUT2D eigenvalue weighted by atomic mass is 16.1. The van der Waals surface area contributed by atoms with Crippen molar-refractivity contribution in [3.05, 3.63) is 45.9 Å². The lowest BCUT2D eigenvalue weighted by Crippen LogP contribution is -2.28. The maximum atomic E-state index is 12.1. The molecule has 122 valence electrons. The first-order chi connectivity index (χ1) is 11.0. The maximum absolute atomic E-state index is 12.1. The second-order valence-electron chi connectivity index (χ2n) is 6.02. The molecule has 0 aliphatic rings. The van der Waals surface area contributed by atoms with Crippen LogP contribution in [0.5, 0.6) is 0 Å². The first kappa shape index (κ1) is 16.9. The topological polar surface area (TPSA) is 87.7 Å². The van der Waals surface area contributed by atoms with Gasteiger partial charge in [-0.3, -0.25) is 9.59 Å². The number of rotatable bonds is 6. The molecule has 0 saturated heterocycles. The summed E-state index contributed by atoms with van der Waals surface area (Å²) in [6, 6.07) is 7.67. The summed E-state index contributed by atoms with van der Waals surface area (Å²) in [5.74, 6) is 0.755. The van der Waals surface area contributed by atoms with Crippen molar-refractivity contribution in [2.75, 3.05) is 6.54 Å². The molecular formula is C17H22N4O2. The van der Waals surface area contributed by atoms with E-state index in [1.807, 2.05) is 45.0 Å². The standard InChI is InChI=1S/C17H22N4O2/c1-11(2)10-18-15(22)8-7-14-17(23)19-16(21-20-14)13-6-4-5-12(3)9-13/h4-6,9,11H,7-8,10H2,1-3H3,(H,18,22)(H,19,21,23). The highest BCUT2D eigenvalue weighted by Crippen LogP contribution is 2.13. The third kappa shape index (κ3) is 5.02. The molecule has 1 heterocycles. The minimum absolute atomic E-state index is 0.0809. The number of aromatic amines is 1. The van der Waals surface area contributed by atoms with E-state index >= 15 is 0 Å². The van der Waals surface area contributed by atoms with E-state index < -0.39 is 0 Å². The summed E-state index contributed by atoms with van der Waals surface area (Å²) in [6.45, 7) is 6.66. The van der Waals surface area contributed by atoms with E-state index in [4.69, 9.17) is 0 Å². The summed E-state index contributed by atoms with van der Waals surface area (Å²) < 4.78 is 0. The molecule has 1 aromatic heterocycles. The molecule has 0 unspecified atom stereocenters. The number of carbonyl (C=O) groups excluding carboxylic acids is 1. The molecule has 2 aromatic rings. The van der Waals surface area contributed by atoms with E-state index in [9.17, 15) is 9.59 Å². The Labute approximate surface area is 135 Å². The fourth-order valence-electron chi connectivity index (χ4n) is 2.08. The van der Waals surface area contributed by atoms with Crippen molar-refractivity contribution in [3.8, 4) is 11.4 Å². The lowest BCUT2D eigenvalue weighted by Gasteiger charge is -2.07. The number of amides is 1. The number of carbonyl (C=O) groups is 1. The van der Waals surface area contributed by atoms with Crippen molar-refractivity contribution in [2.45, 2.75) is 33.6 Å². The predicted octanol–water partition coefficient (Wildman–Crippen LogP) is 1.85. The summed E-state index contributed by atoms with van der Waals surface area (Å²) in [6.07, 6.45) is 0.509. The van der Waals surface area contributed by atoms with Gasteiger partial charge in [-0.05, 0) is 18.9 Å². The first-order valence-electron chi connectivity index (χ1n) is 7.75. The van der Waals surface area contributed by atoms with Crippen LogP contribution in [0.4, 0.5) is 0 Å². The van der Waals surface area contributed by atoms with Gasteiger partial charge in [-0.15, -0.1) is 10.2 Å². The number of hydrogen-bond acceptors (Lipinski definition) is 4. The number of nitrogens with one attached hydrogen (secondary N) is 2. The van der Waals surface area contributed by atoms with Gasteiger partial charge in [0, 0.05) is 24.9 Å². The van der Waals surface area contributed by atoms with Gasteiger partial charge in [0.15, 0.2) is 5.82 Å². The summed E-state index contributed by atoms with van der Waals surface area (Å²) in [5.41, 5.74) is 1.88. The smallest absolute Gasteiger partial charge is 0.273 e.